The van der Waals surface area contributed by atoms with Crippen molar-refractivity contribution in [2.75, 3.05) is 0 Å². The molecule has 0 saturated carbocycles. The normalized spacial score (nSPS) is 13.4. The number of thiophene rings is 1. The van der Waals surface area contributed by atoms with E-state index in [0.29, 0.717) is 16.0 Å². The van der Waals surface area contributed by atoms with Crippen molar-refractivity contribution < 1.29 is 39.3 Å². The van der Waals surface area contributed by atoms with Crippen LogP contribution in [0, 0.1) is 0 Å². The summed E-state index contributed by atoms with van der Waals surface area (Å²) < 4.78 is 99.2. The SMILES string of the molecule is CCCCCCCc1cc2ccccc2[s+]1C(F)(F)F.O=S(=O)([O-])C(F)(F)F. The topological polar surface area (TPSA) is 57.2 Å². The van der Waals surface area contributed by atoms with E-state index >= 15 is 0 Å². The minimum Gasteiger partial charge on any atom is -0.741 e. The molecule has 0 N–H and O–H groups in total. The maximum Gasteiger partial charge on any atom is 0.600 e. The number of alkyl halides is 6. The second kappa shape index (κ2) is 9.93. The molecule has 2 aromatic rings. The molecule has 0 aliphatic carbocycles. The van der Waals surface area contributed by atoms with E-state index in [9.17, 15) is 26.3 Å². The van der Waals surface area contributed by atoms with Crippen molar-refractivity contribution in [2.24, 2.45) is 0 Å². The number of aryl methyl sites for hydroxylation is 1. The smallest absolute Gasteiger partial charge is 0.600 e. The lowest BCUT2D eigenvalue weighted by atomic mass is 10.1. The molecule has 0 aliphatic heterocycles. The standard InChI is InChI=1S/C16H20F3S.CHF3O3S/c1-2-3-4-5-6-10-14-12-13-9-7-8-11-15(13)20(14)16(17,18)19;2-1(3,4)8(5,6)7/h7-9,11-12H,2-6,10H2,1H3;(H,5,6,7)/q+1;/p-1. The van der Waals surface area contributed by atoms with Gasteiger partial charge in [-0.1, -0.05) is 44.7 Å². The van der Waals surface area contributed by atoms with E-state index in [2.05, 4.69) is 6.92 Å². The zero-order chi connectivity index (χ0) is 21.6. The maximum atomic E-state index is 13.3. The van der Waals surface area contributed by atoms with Gasteiger partial charge in [0.15, 0.2) is 19.7 Å². The van der Waals surface area contributed by atoms with Crippen molar-refractivity contribution in [1.29, 1.82) is 0 Å². The fraction of sp³-hybridized carbons (Fsp3) is 0.529. The maximum absolute atomic E-state index is 13.3. The van der Waals surface area contributed by atoms with Crippen LogP contribution in [0.4, 0.5) is 26.3 Å². The predicted octanol–water partition coefficient (Wildman–Crippen LogP) is 6.63. The van der Waals surface area contributed by atoms with Crippen molar-refractivity contribution in [1.82, 2.24) is 0 Å². The first kappa shape index (κ1) is 24.7. The third-order valence-corrected chi connectivity index (χ3v) is 6.45. The van der Waals surface area contributed by atoms with Crippen molar-refractivity contribution in [3.63, 3.8) is 0 Å². The highest BCUT2D eigenvalue weighted by atomic mass is 32.2. The first-order chi connectivity index (χ1) is 12.8. The summed E-state index contributed by atoms with van der Waals surface area (Å²) in [6, 6.07) is 8.66. The number of halogens is 6. The Morgan fingerprint density at radius 3 is 2.00 bits per heavy atom. The molecule has 1 aromatic carbocycles. The molecular weight excluding hydrogens is 430 g/mol. The van der Waals surface area contributed by atoms with Crippen molar-refractivity contribution in [3.05, 3.63) is 35.2 Å². The molecular formula is C17H20F6O3S2. The highest BCUT2D eigenvalue weighted by Gasteiger charge is 2.47. The lowest BCUT2D eigenvalue weighted by Gasteiger charge is -2.08. The molecule has 0 aliphatic rings. The summed E-state index contributed by atoms with van der Waals surface area (Å²) in [5.41, 5.74) is -9.80. The van der Waals surface area contributed by atoms with E-state index in [-0.39, 0.29) is 0 Å². The second-order valence-corrected chi connectivity index (χ2v) is 9.38. The van der Waals surface area contributed by atoms with Gasteiger partial charge in [-0.3, -0.25) is 0 Å². The monoisotopic (exact) mass is 450 g/mol. The Morgan fingerprint density at radius 2 is 1.50 bits per heavy atom. The molecule has 160 valence electrons. The Morgan fingerprint density at radius 1 is 0.964 bits per heavy atom. The molecule has 0 radical (unpaired) electrons. The Hall–Kier alpha value is -1.33. The molecule has 0 bridgehead atoms. The van der Waals surface area contributed by atoms with Gasteiger partial charge in [0.25, 0.3) is 0 Å². The van der Waals surface area contributed by atoms with Crippen LogP contribution in [-0.4, -0.2) is 18.5 Å². The molecule has 0 amide bonds. The summed E-state index contributed by atoms with van der Waals surface area (Å²) in [6.45, 7) is 2.14. The lowest BCUT2D eigenvalue weighted by Crippen LogP contribution is -2.21. The quantitative estimate of drug-likeness (QED) is 0.163. The van der Waals surface area contributed by atoms with Gasteiger partial charge in [-0.25, -0.2) is 8.42 Å². The molecule has 0 spiro atoms. The van der Waals surface area contributed by atoms with Gasteiger partial charge < -0.3 is 4.55 Å². The van der Waals surface area contributed by atoms with Crippen LogP contribution in [0.25, 0.3) is 10.1 Å². The Balaban J connectivity index is 0.000000416. The molecule has 1 unspecified atom stereocenters. The zero-order valence-electron chi connectivity index (χ0n) is 14.9. The van der Waals surface area contributed by atoms with E-state index in [0.717, 1.165) is 31.1 Å². The predicted molar refractivity (Wildman–Crippen MR) is 95.9 cm³/mol. The summed E-state index contributed by atoms with van der Waals surface area (Å²) >= 11 is 0. The average molecular weight is 450 g/mol. The number of unbranched alkanes of at least 4 members (excludes halogenated alkanes) is 4. The molecule has 11 heteroatoms. The van der Waals surface area contributed by atoms with Crippen LogP contribution in [0.3, 0.4) is 0 Å². The van der Waals surface area contributed by atoms with Crippen molar-refractivity contribution >= 4 is 30.7 Å². The molecule has 3 nitrogen and oxygen atoms in total. The number of rotatable bonds is 6. The molecule has 1 atom stereocenters. The number of hydrogen-bond acceptors (Lipinski definition) is 3. The lowest BCUT2D eigenvalue weighted by molar-refractivity contribution is -0.0867. The van der Waals surface area contributed by atoms with Crippen molar-refractivity contribution in [2.45, 2.75) is 56.5 Å². The Kier molecular flexibility index (Phi) is 8.76. The number of benzene rings is 1. The van der Waals surface area contributed by atoms with Crippen LogP contribution in [0.5, 0.6) is 0 Å². The fourth-order valence-corrected chi connectivity index (χ4v) is 4.51. The third-order valence-electron chi connectivity index (χ3n) is 3.76. The molecule has 1 aromatic heterocycles. The van der Waals surface area contributed by atoms with Crippen LogP contribution >= 0.6 is 10.5 Å². The van der Waals surface area contributed by atoms with E-state index < -0.39 is 31.6 Å². The summed E-state index contributed by atoms with van der Waals surface area (Å²) in [4.78, 5) is 0.565. The van der Waals surface area contributed by atoms with Crippen LogP contribution in [0.1, 0.15) is 43.9 Å². The summed E-state index contributed by atoms with van der Waals surface area (Å²) in [5.74, 6) is 0. The average Bonchev–Trinajstić information content (AvgIpc) is 2.91. The van der Waals surface area contributed by atoms with Crippen LogP contribution < -0.4 is 0 Å². The van der Waals surface area contributed by atoms with E-state index in [4.69, 9.17) is 13.0 Å². The highest BCUT2D eigenvalue weighted by molar-refractivity contribution is 7.86. The van der Waals surface area contributed by atoms with Gasteiger partial charge in [0.2, 0.25) is 0 Å². The largest absolute Gasteiger partial charge is 0.741 e. The number of hydrogen-bond donors (Lipinski definition) is 0. The van der Waals surface area contributed by atoms with E-state index in [1.54, 1.807) is 30.3 Å². The molecule has 2 rings (SSSR count). The minimum atomic E-state index is -6.09. The summed E-state index contributed by atoms with van der Waals surface area (Å²) in [5, 5.41) is 0.747. The third kappa shape index (κ3) is 7.25. The van der Waals surface area contributed by atoms with Crippen molar-refractivity contribution in [3.8, 4) is 0 Å². The summed E-state index contributed by atoms with van der Waals surface area (Å²) in [6.07, 6.45) is 5.90. The molecule has 1 heterocycles. The minimum absolute atomic E-state index is 0.448. The van der Waals surface area contributed by atoms with Gasteiger partial charge in [-0.2, -0.15) is 13.2 Å². The van der Waals surface area contributed by atoms with Crippen LogP contribution in [0.2, 0.25) is 0 Å². The van der Waals surface area contributed by atoms with Gasteiger partial charge >= 0.3 is 11.0 Å². The molecule has 28 heavy (non-hydrogen) atoms. The molecule has 0 fully saturated rings. The van der Waals surface area contributed by atoms with Gasteiger partial charge in [0.1, 0.15) is 0 Å². The highest BCUT2D eigenvalue weighted by Crippen LogP contribution is 2.51. The fourth-order valence-electron chi connectivity index (χ4n) is 2.51. The summed E-state index contributed by atoms with van der Waals surface area (Å²) in [7, 11) is -7.79. The van der Waals surface area contributed by atoms with Gasteiger partial charge in [-0.05, 0) is 18.6 Å². The zero-order valence-corrected chi connectivity index (χ0v) is 16.6. The van der Waals surface area contributed by atoms with Gasteiger partial charge in [0, 0.05) is 17.9 Å². The van der Waals surface area contributed by atoms with Crippen LogP contribution in [-0.2, 0) is 22.0 Å². The first-order valence-electron chi connectivity index (χ1n) is 8.42. The second-order valence-electron chi connectivity index (χ2n) is 5.96. The first-order valence-corrected chi connectivity index (χ1v) is 11.0. The van der Waals surface area contributed by atoms with E-state index in [1.807, 2.05) is 0 Å². The Bertz CT molecular complexity index is 854. The van der Waals surface area contributed by atoms with Gasteiger partial charge in [-0.15, -0.1) is 13.2 Å². The number of fused-ring (bicyclic) bond motifs is 1. The Labute approximate surface area is 162 Å². The van der Waals surface area contributed by atoms with Gasteiger partial charge in [0.05, 0.1) is 10.5 Å². The molecule has 0 saturated heterocycles. The van der Waals surface area contributed by atoms with Crippen LogP contribution in [0.15, 0.2) is 30.3 Å². The van der Waals surface area contributed by atoms with E-state index in [1.165, 1.54) is 6.42 Å².